The maximum atomic E-state index is 12.8. The van der Waals surface area contributed by atoms with E-state index >= 15 is 0 Å². The first-order chi connectivity index (χ1) is 14.2. The Morgan fingerprint density at radius 2 is 2.03 bits per heavy atom. The van der Waals surface area contributed by atoms with Crippen molar-refractivity contribution in [3.8, 4) is 5.75 Å². The number of benzene rings is 1. The van der Waals surface area contributed by atoms with Crippen molar-refractivity contribution in [1.29, 1.82) is 0 Å². The molecule has 0 fully saturated rings. The van der Waals surface area contributed by atoms with Gasteiger partial charge in [0.15, 0.2) is 6.10 Å². The van der Waals surface area contributed by atoms with Crippen LogP contribution in [-0.4, -0.2) is 33.7 Å². The minimum Gasteiger partial charge on any atom is -0.480 e. The summed E-state index contributed by atoms with van der Waals surface area (Å²) in [4.78, 5) is 26.5. The Labute approximate surface area is 176 Å². The van der Waals surface area contributed by atoms with Gasteiger partial charge < -0.3 is 14.1 Å². The number of aryl methyl sites for hydroxylation is 3. The topological polar surface area (TPSA) is 77.6 Å². The molecule has 0 N–H and O–H groups in total. The Hall–Kier alpha value is -3.09. The van der Waals surface area contributed by atoms with Gasteiger partial charge in [0.25, 0.3) is 5.91 Å². The number of nitrogens with zero attached hydrogens (tertiary/aromatic N) is 3. The summed E-state index contributed by atoms with van der Waals surface area (Å²) < 4.78 is 13.2. The first kappa shape index (κ1) is 21.6. The fourth-order valence-electron chi connectivity index (χ4n) is 3.60. The van der Waals surface area contributed by atoms with Crippen LogP contribution in [0.1, 0.15) is 42.7 Å². The monoisotopic (exact) mass is 411 g/mol. The predicted molar refractivity (Wildman–Crippen MR) is 116 cm³/mol. The number of likely N-dealkylation sites (N-methyl/N-ethyl adjacent to an activating group) is 1. The summed E-state index contributed by atoms with van der Waals surface area (Å²) in [6.07, 6.45) is 2.82. The van der Waals surface area contributed by atoms with Crippen LogP contribution < -0.4 is 10.4 Å². The zero-order valence-corrected chi connectivity index (χ0v) is 18.5. The van der Waals surface area contributed by atoms with Gasteiger partial charge in [0, 0.05) is 48.9 Å². The molecule has 2 heterocycles. The average Bonchev–Trinajstić information content (AvgIpc) is 3.02. The van der Waals surface area contributed by atoms with Crippen molar-refractivity contribution in [2.45, 2.75) is 53.2 Å². The summed E-state index contributed by atoms with van der Waals surface area (Å²) in [6.45, 7) is 8.07. The van der Waals surface area contributed by atoms with Gasteiger partial charge in [0.1, 0.15) is 11.3 Å². The van der Waals surface area contributed by atoms with E-state index in [0.29, 0.717) is 23.4 Å². The van der Waals surface area contributed by atoms with Crippen LogP contribution in [-0.2, 0) is 24.8 Å². The van der Waals surface area contributed by atoms with Crippen molar-refractivity contribution < 1.29 is 13.9 Å². The van der Waals surface area contributed by atoms with Gasteiger partial charge >= 0.3 is 5.63 Å². The number of hydrogen-bond donors (Lipinski definition) is 0. The van der Waals surface area contributed by atoms with Gasteiger partial charge in [-0.3, -0.25) is 9.48 Å². The van der Waals surface area contributed by atoms with Crippen LogP contribution in [0.4, 0.5) is 0 Å². The number of ether oxygens (including phenoxy) is 1. The van der Waals surface area contributed by atoms with Crippen LogP contribution in [0.15, 0.2) is 33.6 Å². The third-order valence-electron chi connectivity index (χ3n) is 5.49. The lowest BCUT2D eigenvalue weighted by molar-refractivity contribution is -0.137. The Balaban J connectivity index is 1.81. The second-order valence-electron chi connectivity index (χ2n) is 7.74. The van der Waals surface area contributed by atoms with Gasteiger partial charge in [0.2, 0.25) is 0 Å². The lowest BCUT2D eigenvalue weighted by Gasteiger charge is -2.23. The molecule has 0 saturated carbocycles. The van der Waals surface area contributed by atoms with Gasteiger partial charge in [-0.05, 0) is 44.9 Å². The first-order valence-corrected chi connectivity index (χ1v) is 10.2. The minimum absolute atomic E-state index is 0.140. The molecular weight excluding hydrogens is 382 g/mol. The highest BCUT2D eigenvalue weighted by Gasteiger charge is 2.22. The number of fused-ring (bicyclic) bond motifs is 1. The van der Waals surface area contributed by atoms with Crippen LogP contribution >= 0.6 is 0 Å². The summed E-state index contributed by atoms with van der Waals surface area (Å²) in [5, 5.41) is 5.13. The number of aromatic nitrogens is 2. The highest BCUT2D eigenvalue weighted by atomic mass is 16.5. The van der Waals surface area contributed by atoms with Gasteiger partial charge in [-0.1, -0.05) is 13.3 Å². The molecule has 3 rings (SSSR count). The molecule has 30 heavy (non-hydrogen) atoms. The summed E-state index contributed by atoms with van der Waals surface area (Å²) in [6, 6.07) is 5.28. The van der Waals surface area contributed by atoms with Crippen molar-refractivity contribution in [3.63, 3.8) is 0 Å². The molecule has 1 atom stereocenters. The SMILES string of the molecule is CCCc1cc(=O)oc2c(C)c(OC(C)C(=O)N(C)Cc3cnn(C)c3C)ccc12. The third kappa shape index (κ3) is 4.25. The number of amides is 1. The fraction of sp³-hybridized carbons (Fsp3) is 0.435. The van der Waals surface area contributed by atoms with E-state index in [1.165, 1.54) is 0 Å². The van der Waals surface area contributed by atoms with Crippen molar-refractivity contribution in [2.75, 3.05) is 7.05 Å². The molecule has 1 unspecified atom stereocenters. The Kier molecular flexibility index (Phi) is 6.29. The maximum Gasteiger partial charge on any atom is 0.336 e. The van der Waals surface area contributed by atoms with E-state index in [0.717, 1.165) is 35.0 Å². The average molecular weight is 412 g/mol. The summed E-state index contributed by atoms with van der Waals surface area (Å²) in [5.41, 5.74) is 3.84. The van der Waals surface area contributed by atoms with Crippen molar-refractivity contribution in [3.05, 3.63) is 57.2 Å². The molecule has 0 aliphatic rings. The molecule has 3 aromatic rings. The molecule has 160 valence electrons. The number of rotatable bonds is 7. The van der Waals surface area contributed by atoms with E-state index < -0.39 is 6.10 Å². The molecule has 0 spiro atoms. The quantitative estimate of drug-likeness (QED) is 0.556. The highest BCUT2D eigenvalue weighted by Crippen LogP contribution is 2.29. The molecular formula is C23H29N3O4. The molecule has 7 nitrogen and oxygen atoms in total. The van der Waals surface area contributed by atoms with E-state index in [1.807, 2.05) is 33.0 Å². The van der Waals surface area contributed by atoms with Gasteiger partial charge in [-0.25, -0.2) is 4.79 Å². The predicted octanol–water partition coefficient (Wildman–Crippen LogP) is 3.52. The lowest BCUT2D eigenvalue weighted by atomic mass is 10.0. The molecule has 7 heteroatoms. The summed E-state index contributed by atoms with van der Waals surface area (Å²) in [5.74, 6) is 0.394. The minimum atomic E-state index is -0.686. The number of hydrogen-bond acceptors (Lipinski definition) is 5. The molecule has 1 amide bonds. The van der Waals surface area contributed by atoms with E-state index in [2.05, 4.69) is 12.0 Å². The van der Waals surface area contributed by atoms with E-state index in [9.17, 15) is 9.59 Å². The van der Waals surface area contributed by atoms with Crippen molar-refractivity contribution in [1.82, 2.24) is 14.7 Å². The molecule has 0 radical (unpaired) electrons. The van der Waals surface area contributed by atoms with Crippen LogP contribution in [0.25, 0.3) is 11.0 Å². The molecule has 1 aromatic carbocycles. The summed E-state index contributed by atoms with van der Waals surface area (Å²) >= 11 is 0. The normalized spacial score (nSPS) is 12.2. The maximum absolute atomic E-state index is 12.8. The number of carbonyl (C=O) groups excluding carboxylic acids is 1. The first-order valence-electron chi connectivity index (χ1n) is 10.2. The largest absolute Gasteiger partial charge is 0.480 e. The van der Waals surface area contributed by atoms with Crippen LogP contribution in [0.2, 0.25) is 0 Å². The smallest absolute Gasteiger partial charge is 0.336 e. The highest BCUT2D eigenvalue weighted by molar-refractivity contribution is 5.85. The Morgan fingerprint density at radius 1 is 1.30 bits per heavy atom. The summed E-state index contributed by atoms with van der Waals surface area (Å²) in [7, 11) is 3.62. The molecule has 0 saturated heterocycles. The Morgan fingerprint density at radius 3 is 2.67 bits per heavy atom. The van der Waals surface area contributed by atoms with Gasteiger partial charge in [-0.15, -0.1) is 0 Å². The Bertz CT molecular complexity index is 1130. The zero-order valence-electron chi connectivity index (χ0n) is 18.5. The molecule has 0 aliphatic carbocycles. The third-order valence-corrected chi connectivity index (χ3v) is 5.49. The van der Waals surface area contributed by atoms with Crippen LogP contribution in [0.5, 0.6) is 5.75 Å². The molecule has 2 aromatic heterocycles. The molecule has 0 bridgehead atoms. The van der Waals surface area contributed by atoms with E-state index in [-0.39, 0.29) is 11.5 Å². The van der Waals surface area contributed by atoms with Gasteiger partial charge in [-0.2, -0.15) is 5.10 Å². The second-order valence-corrected chi connectivity index (χ2v) is 7.74. The van der Waals surface area contributed by atoms with Crippen molar-refractivity contribution in [2.24, 2.45) is 7.05 Å². The lowest BCUT2D eigenvalue weighted by Crippen LogP contribution is -2.37. The van der Waals surface area contributed by atoms with Crippen LogP contribution in [0, 0.1) is 13.8 Å². The van der Waals surface area contributed by atoms with Gasteiger partial charge in [0.05, 0.1) is 6.20 Å². The fourth-order valence-corrected chi connectivity index (χ4v) is 3.60. The standard InChI is InChI=1S/C23H29N3O4/c1-7-8-17-11-21(27)30-22-14(2)20(10-9-19(17)22)29-16(4)23(28)25(5)13-18-12-24-26(6)15(18)3/h9-12,16H,7-8,13H2,1-6H3. The van der Waals surface area contributed by atoms with Crippen LogP contribution in [0.3, 0.4) is 0 Å². The van der Waals surface area contributed by atoms with E-state index in [1.54, 1.807) is 35.8 Å². The van der Waals surface area contributed by atoms with Crippen molar-refractivity contribution >= 4 is 16.9 Å². The van der Waals surface area contributed by atoms with E-state index in [4.69, 9.17) is 9.15 Å². The molecule has 0 aliphatic heterocycles. The number of carbonyl (C=O) groups is 1. The second kappa shape index (κ2) is 8.73. The zero-order chi connectivity index (χ0) is 22.0.